The SMILES string of the molecule is CCN1/C(=C/C=C/C=C/C2=[N+](CCCCSOOO)c3ccc4ccccc4c3C2(C)C)C(C)(C)c2cc(CC(=O)NCCCCNC(=O)Cc3c(C)n(C(=O)c4ccc(Cl)cc4)c4ccc(OC)cc34)ccc21. The number of nitrogens with zero attached hydrogens (tertiary/aromatic N) is 3. The van der Waals surface area contributed by atoms with Gasteiger partial charge in [0, 0.05) is 100 Å². The second-order valence-electron chi connectivity index (χ2n) is 19.9. The number of anilines is 1. The molecule has 3 heterocycles. The third-order valence-corrected chi connectivity index (χ3v) is 15.3. The van der Waals surface area contributed by atoms with Crippen LogP contribution in [-0.2, 0) is 42.6 Å². The van der Waals surface area contributed by atoms with Crippen LogP contribution in [0.15, 0.2) is 133 Å². The lowest BCUT2D eigenvalue weighted by molar-refractivity contribution is -0.438. The summed E-state index contributed by atoms with van der Waals surface area (Å²) in [7, 11) is 1.59. The predicted molar refractivity (Wildman–Crippen MR) is 299 cm³/mol. The maximum Gasteiger partial charge on any atom is 0.262 e. The van der Waals surface area contributed by atoms with Crippen LogP contribution in [0.2, 0.25) is 5.02 Å². The van der Waals surface area contributed by atoms with Gasteiger partial charge in [-0.25, -0.2) is 5.26 Å². The number of nitrogens with one attached hydrogen (secondary N) is 2. The van der Waals surface area contributed by atoms with Gasteiger partial charge in [0.25, 0.3) is 5.91 Å². The topological polar surface area (TPSA) is 134 Å². The van der Waals surface area contributed by atoms with E-state index in [0.717, 1.165) is 60.2 Å². The number of amides is 2. The van der Waals surface area contributed by atoms with Crippen molar-refractivity contribution in [2.75, 3.05) is 43.9 Å². The molecule has 14 heteroatoms. The Morgan fingerprint density at radius 2 is 1.55 bits per heavy atom. The van der Waals surface area contributed by atoms with Crippen LogP contribution in [0.4, 0.5) is 11.4 Å². The van der Waals surface area contributed by atoms with Crippen molar-refractivity contribution in [3.05, 3.63) is 172 Å². The summed E-state index contributed by atoms with van der Waals surface area (Å²) in [5, 5.41) is 22.2. The van der Waals surface area contributed by atoms with E-state index in [1.54, 1.807) is 35.9 Å². The van der Waals surface area contributed by atoms with Crippen molar-refractivity contribution in [3.63, 3.8) is 0 Å². The number of fused-ring (bicyclic) bond motifs is 5. The van der Waals surface area contributed by atoms with Gasteiger partial charge in [0.05, 0.1) is 30.9 Å². The zero-order valence-corrected chi connectivity index (χ0v) is 45.0. The van der Waals surface area contributed by atoms with E-state index in [1.165, 1.54) is 39.0 Å². The van der Waals surface area contributed by atoms with Gasteiger partial charge >= 0.3 is 0 Å². The standard InChI is InChI=1S/C60H66ClN5O7S/c1-8-64-51-29-22-41(37-55(67)62-32-14-15-33-63-56(68)39-47-40(2)66(50-31-28-45(71-7)38-48(47)50)58(69)43-23-26-44(61)27-24-43)36-49(51)59(3,4)53(64)20-10-9-11-21-54-60(5,6)57-46-19-13-12-18-42(46)25-30-52(57)65(54)34-16-17-35-74-73-72-70/h9-13,18-31,36,38H,8,14-17,32-35,37,39H2,1-7H3,(H2-,62,63,67,68,70)/p+1. The molecule has 0 bridgehead atoms. The lowest BCUT2D eigenvalue weighted by atomic mass is 9.79. The summed E-state index contributed by atoms with van der Waals surface area (Å²) in [4.78, 5) is 42.6. The number of halogens is 1. The van der Waals surface area contributed by atoms with Crippen LogP contribution >= 0.6 is 23.6 Å². The van der Waals surface area contributed by atoms with Gasteiger partial charge in [0.15, 0.2) is 5.71 Å². The molecule has 2 aliphatic rings. The molecule has 12 nitrogen and oxygen atoms in total. The van der Waals surface area contributed by atoms with Gasteiger partial charge in [0.1, 0.15) is 12.3 Å². The van der Waals surface area contributed by atoms with Crippen molar-refractivity contribution in [3.8, 4) is 5.75 Å². The third kappa shape index (κ3) is 11.4. The van der Waals surface area contributed by atoms with Crippen molar-refractivity contribution in [1.82, 2.24) is 15.2 Å². The van der Waals surface area contributed by atoms with Crippen LogP contribution in [0, 0.1) is 6.92 Å². The molecule has 0 atom stereocenters. The van der Waals surface area contributed by atoms with Gasteiger partial charge in [-0.15, -0.1) is 4.33 Å². The normalized spacial score (nSPS) is 15.3. The molecule has 386 valence electrons. The molecule has 2 amide bonds. The average molecular weight is 1040 g/mol. The van der Waals surface area contributed by atoms with Crippen LogP contribution < -0.4 is 20.3 Å². The molecule has 0 unspecified atom stereocenters. The van der Waals surface area contributed by atoms with Crippen molar-refractivity contribution in [2.45, 2.75) is 90.9 Å². The quantitative estimate of drug-likeness (QED) is 0.0152. The maximum absolute atomic E-state index is 13.7. The van der Waals surface area contributed by atoms with E-state index in [0.29, 0.717) is 59.2 Å². The van der Waals surface area contributed by atoms with E-state index in [-0.39, 0.29) is 41.4 Å². The van der Waals surface area contributed by atoms with E-state index < -0.39 is 0 Å². The molecule has 1 aromatic heterocycles. The average Bonchev–Trinajstić information content (AvgIpc) is 3.89. The highest BCUT2D eigenvalue weighted by Crippen LogP contribution is 2.48. The second-order valence-corrected chi connectivity index (χ2v) is 21.1. The molecular formula is C60H67ClN5O7S+. The Morgan fingerprint density at radius 1 is 0.811 bits per heavy atom. The van der Waals surface area contributed by atoms with Gasteiger partial charge in [0.2, 0.25) is 17.5 Å². The molecular weight excluding hydrogens is 970 g/mol. The zero-order chi connectivity index (χ0) is 52.6. The number of carbonyl (C=O) groups excluding carboxylic acids is 3. The largest absolute Gasteiger partial charge is 0.497 e. The molecule has 3 N–H and O–H groups in total. The first kappa shape index (κ1) is 53.8. The lowest BCUT2D eigenvalue weighted by Gasteiger charge is -2.25. The number of carbonyl (C=O) groups is 3. The Hall–Kier alpha value is -6.48. The summed E-state index contributed by atoms with van der Waals surface area (Å²) in [5.74, 6) is 0.940. The van der Waals surface area contributed by atoms with E-state index in [4.69, 9.17) is 21.6 Å². The van der Waals surface area contributed by atoms with Gasteiger partial charge < -0.3 is 20.3 Å². The first-order valence-electron chi connectivity index (χ1n) is 25.4. The van der Waals surface area contributed by atoms with E-state index in [1.807, 2.05) is 25.1 Å². The summed E-state index contributed by atoms with van der Waals surface area (Å²) in [6.07, 6.45) is 14.5. The molecule has 5 aromatic carbocycles. The van der Waals surface area contributed by atoms with Crippen LogP contribution in [0.1, 0.15) is 98.6 Å². The fourth-order valence-corrected chi connectivity index (χ4v) is 11.3. The Bertz CT molecular complexity index is 3190. The van der Waals surface area contributed by atoms with Crippen molar-refractivity contribution >= 4 is 80.1 Å². The minimum absolute atomic E-state index is 0.0435. The van der Waals surface area contributed by atoms with Crippen molar-refractivity contribution in [2.24, 2.45) is 0 Å². The number of methoxy groups -OCH3 is 1. The van der Waals surface area contributed by atoms with E-state index in [2.05, 4.69) is 149 Å². The second kappa shape index (κ2) is 23.8. The number of likely N-dealkylation sites (N-methyl/N-ethyl adjacent to an activating group) is 1. The number of benzene rings is 5. The Balaban J connectivity index is 0.850. The molecule has 8 rings (SSSR count). The third-order valence-electron chi connectivity index (χ3n) is 14.5. The number of aromatic nitrogens is 1. The maximum atomic E-state index is 13.7. The Kier molecular flexibility index (Phi) is 17.3. The van der Waals surface area contributed by atoms with Gasteiger partial charge in [-0.2, -0.15) is 4.58 Å². The summed E-state index contributed by atoms with van der Waals surface area (Å²) < 4.78 is 14.2. The van der Waals surface area contributed by atoms with Crippen LogP contribution in [0.3, 0.4) is 0 Å². The highest BCUT2D eigenvalue weighted by molar-refractivity contribution is 7.94. The van der Waals surface area contributed by atoms with Crippen LogP contribution in [0.25, 0.3) is 21.7 Å². The zero-order valence-electron chi connectivity index (χ0n) is 43.4. The number of rotatable bonds is 22. The number of hydrogen-bond donors (Lipinski definition) is 3. The Morgan fingerprint density at radius 3 is 2.28 bits per heavy atom. The van der Waals surface area contributed by atoms with Crippen molar-refractivity contribution < 1.29 is 38.3 Å². The predicted octanol–water partition coefficient (Wildman–Crippen LogP) is 12.3. The van der Waals surface area contributed by atoms with Gasteiger partial charge in [-0.3, -0.25) is 19.0 Å². The first-order chi connectivity index (χ1) is 35.7. The van der Waals surface area contributed by atoms with Crippen LogP contribution in [0.5, 0.6) is 5.75 Å². The molecule has 0 fully saturated rings. The minimum Gasteiger partial charge on any atom is -0.497 e. The fourth-order valence-electron chi connectivity index (χ4n) is 10.8. The molecule has 0 saturated heterocycles. The highest BCUT2D eigenvalue weighted by Gasteiger charge is 2.45. The number of allylic oxidation sites excluding steroid dienone is 6. The van der Waals surface area contributed by atoms with Crippen molar-refractivity contribution in [1.29, 1.82) is 0 Å². The summed E-state index contributed by atoms with van der Waals surface area (Å²) in [6.45, 7) is 15.8. The number of ether oxygens (including phenoxy) is 1. The smallest absolute Gasteiger partial charge is 0.262 e. The highest BCUT2D eigenvalue weighted by atomic mass is 35.5. The summed E-state index contributed by atoms with van der Waals surface area (Å²) >= 11 is 7.18. The number of unbranched alkanes of at least 4 members (excludes halogenated alkanes) is 2. The molecule has 0 aliphatic carbocycles. The van der Waals surface area contributed by atoms with E-state index >= 15 is 0 Å². The molecule has 6 aromatic rings. The summed E-state index contributed by atoms with van der Waals surface area (Å²) in [5.41, 5.74) is 10.4. The van der Waals surface area contributed by atoms with Gasteiger partial charge in [-0.1, -0.05) is 85.1 Å². The lowest BCUT2D eigenvalue weighted by Crippen LogP contribution is -2.29. The van der Waals surface area contributed by atoms with Gasteiger partial charge in [-0.05, 0) is 135 Å². The van der Waals surface area contributed by atoms with Crippen LogP contribution in [-0.4, -0.2) is 76.9 Å². The minimum atomic E-state index is -0.290. The molecule has 0 radical (unpaired) electrons. The fraction of sp³-hybridized carbons (Fsp3) is 0.333. The Labute approximate surface area is 443 Å². The molecule has 2 aliphatic heterocycles. The molecule has 74 heavy (non-hydrogen) atoms. The monoisotopic (exact) mass is 1040 g/mol. The number of hydrogen-bond acceptors (Lipinski definition) is 9. The van der Waals surface area contributed by atoms with E-state index in [9.17, 15) is 14.4 Å². The molecule has 0 spiro atoms. The first-order valence-corrected chi connectivity index (χ1v) is 26.7. The molecule has 0 saturated carbocycles. The summed E-state index contributed by atoms with van der Waals surface area (Å²) in [6, 6.07) is 31.7.